The zero-order valence-electron chi connectivity index (χ0n) is 21.0. The van der Waals surface area contributed by atoms with Crippen LogP contribution in [0.3, 0.4) is 0 Å². The molecule has 0 aliphatic carbocycles. The summed E-state index contributed by atoms with van der Waals surface area (Å²) in [5.41, 5.74) is 1.38. The fourth-order valence-electron chi connectivity index (χ4n) is 3.71. The molecule has 0 aliphatic rings. The van der Waals surface area contributed by atoms with Crippen LogP contribution in [0.5, 0.6) is 0 Å². The molecule has 0 unspecified atom stereocenters. The van der Waals surface area contributed by atoms with Gasteiger partial charge in [0.2, 0.25) is 21.8 Å². The summed E-state index contributed by atoms with van der Waals surface area (Å²) in [6, 6.07) is 8.73. The van der Waals surface area contributed by atoms with Crippen LogP contribution in [0, 0.1) is 6.92 Å². The molecule has 0 fully saturated rings. The molecule has 2 rings (SSSR count). The molecule has 0 saturated carbocycles. The van der Waals surface area contributed by atoms with Crippen molar-refractivity contribution >= 4 is 62.3 Å². The molecule has 2 aromatic carbocycles. The third-order valence-corrected chi connectivity index (χ3v) is 7.95. The molecule has 2 aromatic rings. The van der Waals surface area contributed by atoms with Crippen LogP contribution in [-0.4, -0.2) is 50.0 Å². The van der Waals surface area contributed by atoms with Crippen molar-refractivity contribution in [1.82, 2.24) is 10.2 Å². The Hall–Kier alpha value is -2.00. The third kappa shape index (κ3) is 7.75. The molecule has 0 aliphatic heterocycles. The molecule has 7 nitrogen and oxygen atoms in total. The van der Waals surface area contributed by atoms with Crippen molar-refractivity contribution in [3.05, 3.63) is 62.6 Å². The second-order valence-corrected chi connectivity index (χ2v) is 11.8. The molecule has 1 N–H and O–H groups in total. The van der Waals surface area contributed by atoms with Gasteiger partial charge in [-0.2, -0.15) is 0 Å². The van der Waals surface area contributed by atoms with Gasteiger partial charge < -0.3 is 10.2 Å². The largest absolute Gasteiger partial charge is 0.352 e. The maximum atomic E-state index is 13.8. The number of nitrogens with zero attached hydrogens (tertiary/aromatic N) is 2. The van der Waals surface area contributed by atoms with E-state index >= 15 is 0 Å². The minimum atomic E-state index is -3.86. The molecule has 0 bridgehead atoms. The predicted molar refractivity (Wildman–Crippen MR) is 147 cm³/mol. The molecular weight excluding hydrogens is 545 g/mol. The van der Waals surface area contributed by atoms with Crippen LogP contribution in [0.2, 0.25) is 15.1 Å². The summed E-state index contributed by atoms with van der Waals surface area (Å²) in [5, 5.41) is 4.04. The van der Waals surface area contributed by atoms with Crippen LogP contribution in [0.4, 0.5) is 5.69 Å². The van der Waals surface area contributed by atoms with E-state index in [-0.39, 0.29) is 18.5 Å². The average Bonchev–Trinajstić information content (AvgIpc) is 2.78. The first kappa shape index (κ1) is 30.2. The van der Waals surface area contributed by atoms with E-state index in [9.17, 15) is 18.0 Å². The lowest BCUT2D eigenvalue weighted by molar-refractivity contribution is -0.140. The maximum Gasteiger partial charge on any atom is 0.244 e. The van der Waals surface area contributed by atoms with Crippen molar-refractivity contribution in [2.75, 3.05) is 17.1 Å². The number of hydrogen-bond acceptors (Lipinski definition) is 4. The van der Waals surface area contributed by atoms with Crippen molar-refractivity contribution < 1.29 is 18.0 Å². The minimum Gasteiger partial charge on any atom is -0.352 e. The highest BCUT2D eigenvalue weighted by molar-refractivity contribution is 7.92. The first-order valence-corrected chi connectivity index (χ1v) is 14.5. The number of halogens is 3. The minimum absolute atomic E-state index is 0.0685. The number of rotatable bonds is 11. The van der Waals surface area contributed by atoms with E-state index in [4.69, 9.17) is 34.8 Å². The van der Waals surface area contributed by atoms with Gasteiger partial charge in [-0.1, -0.05) is 54.7 Å². The number of nitrogens with one attached hydrogen (secondary N) is 1. The van der Waals surface area contributed by atoms with Crippen LogP contribution in [-0.2, 0) is 26.2 Å². The van der Waals surface area contributed by atoms with Gasteiger partial charge >= 0.3 is 0 Å². The van der Waals surface area contributed by atoms with Gasteiger partial charge in [-0.15, -0.1) is 0 Å². The Labute approximate surface area is 228 Å². The van der Waals surface area contributed by atoms with E-state index in [1.807, 2.05) is 13.8 Å². The molecule has 0 aromatic heterocycles. The van der Waals surface area contributed by atoms with E-state index < -0.39 is 28.5 Å². The Morgan fingerprint density at radius 1 is 1.03 bits per heavy atom. The fraction of sp³-hybridized carbons (Fsp3) is 0.440. The Balaban J connectivity index is 2.53. The number of aryl methyl sites for hydroxylation is 1. The lowest BCUT2D eigenvalue weighted by Crippen LogP contribution is -2.53. The van der Waals surface area contributed by atoms with Gasteiger partial charge in [0.15, 0.2) is 0 Å². The molecule has 11 heteroatoms. The van der Waals surface area contributed by atoms with E-state index in [0.29, 0.717) is 44.7 Å². The first-order chi connectivity index (χ1) is 16.8. The number of hydrogen-bond donors (Lipinski definition) is 1. The Morgan fingerprint density at radius 2 is 1.64 bits per heavy atom. The topological polar surface area (TPSA) is 86.8 Å². The van der Waals surface area contributed by atoms with Crippen molar-refractivity contribution in [3.8, 4) is 0 Å². The highest BCUT2D eigenvalue weighted by atomic mass is 35.5. The zero-order valence-corrected chi connectivity index (χ0v) is 24.1. The molecule has 2 amide bonds. The first-order valence-electron chi connectivity index (χ1n) is 11.6. The van der Waals surface area contributed by atoms with E-state index in [0.717, 1.165) is 10.6 Å². The van der Waals surface area contributed by atoms with Gasteiger partial charge in [-0.25, -0.2) is 8.42 Å². The maximum absolute atomic E-state index is 13.8. The number of carbonyl (C=O) groups is 2. The standard InChI is InChI=1S/C25H32Cl3N3O4S/c1-6-17(4)29-25(33)22(7-2)30(14-19-20(27)9-8-10-21(19)28)24(32)15-31(36(5,34)35)23-12-11-18(26)13-16(23)3/h8-13,17,22H,6-7,14-15H2,1-5H3,(H,29,33)/t17-,22+/m1/s1. The predicted octanol–water partition coefficient (Wildman–Crippen LogP) is 5.44. The molecule has 0 spiro atoms. The third-order valence-electron chi connectivity index (χ3n) is 5.88. The van der Waals surface area contributed by atoms with E-state index in [2.05, 4.69) is 5.32 Å². The lowest BCUT2D eigenvalue weighted by atomic mass is 10.1. The molecule has 198 valence electrons. The number of anilines is 1. The summed E-state index contributed by atoms with van der Waals surface area (Å²) in [7, 11) is -3.86. The Kier molecular flexibility index (Phi) is 10.9. The van der Waals surface area contributed by atoms with Crippen molar-refractivity contribution in [1.29, 1.82) is 0 Å². The van der Waals surface area contributed by atoms with Crippen LogP contribution in [0.25, 0.3) is 0 Å². The number of carbonyl (C=O) groups excluding carboxylic acids is 2. The van der Waals surface area contributed by atoms with Gasteiger partial charge in [-0.3, -0.25) is 13.9 Å². The highest BCUT2D eigenvalue weighted by Gasteiger charge is 2.33. The Morgan fingerprint density at radius 3 is 2.14 bits per heavy atom. The molecule has 36 heavy (non-hydrogen) atoms. The highest BCUT2D eigenvalue weighted by Crippen LogP contribution is 2.29. The average molecular weight is 577 g/mol. The quantitative estimate of drug-likeness (QED) is 0.386. The second kappa shape index (κ2) is 13.0. The van der Waals surface area contributed by atoms with Gasteiger partial charge in [0.1, 0.15) is 12.6 Å². The monoisotopic (exact) mass is 575 g/mol. The van der Waals surface area contributed by atoms with Gasteiger partial charge in [-0.05, 0) is 62.6 Å². The van der Waals surface area contributed by atoms with Crippen molar-refractivity contribution in [3.63, 3.8) is 0 Å². The van der Waals surface area contributed by atoms with Crippen LogP contribution in [0.1, 0.15) is 44.7 Å². The normalized spacial score (nSPS) is 13.1. The summed E-state index contributed by atoms with van der Waals surface area (Å²) in [4.78, 5) is 28.3. The van der Waals surface area contributed by atoms with Gasteiger partial charge in [0.05, 0.1) is 11.9 Å². The summed E-state index contributed by atoms with van der Waals surface area (Å²) in [6.45, 7) is 6.72. The summed E-state index contributed by atoms with van der Waals surface area (Å²) < 4.78 is 26.5. The van der Waals surface area contributed by atoms with Crippen molar-refractivity contribution in [2.24, 2.45) is 0 Å². The lowest BCUT2D eigenvalue weighted by Gasteiger charge is -2.34. The van der Waals surface area contributed by atoms with Gasteiger partial charge in [0.25, 0.3) is 0 Å². The van der Waals surface area contributed by atoms with Crippen molar-refractivity contribution in [2.45, 2.75) is 59.2 Å². The SMILES string of the molecule is CC[C@@H](C)NC(=O)[C@H](CC)N(Cc1c(Cl)cccc1Cl)C(=O)CN(c1ccc(Cl)cc1C)S(C)(=O)=O. The molecule has 0 radical (unpaired) electrons. The molecular formula is C25H32Cl3N3O4S. The van der Waals surface area contributed by atoms with Crippen LogP contribution < -0.4 is 9.62 Å². The number of benzene rings is 2. The molecule has 2 atom stereocenters. The number of sulfonamides is 1. The van der Waals surface area contributed by atoms with Crippen LogP contribution in [0.15, 0.2) is 36.4 Å². The van der Waals surface area contributed by atoms with E-state index in [1.54, 1.807) is 50.2 Å². The molecule has 0 saturated heterocycles. The van der Waals surface area contributed by atoms with E-state index in [1.165, 1.54) is 4.90 Å². The summed E-state index contributed by atoms with van der Waals surface area (Å²) in [6.07, 6.45) is 2.04. The second-order valence-electron chi connectivity index (χ2n) is 8.66. The summed E-state index contributed by atoms with van der Waals surface area (Å²) >= 11 is 18.8. The summed E-state index contributed by atoms with van der Waals surface area (Å²) in [5.74, 6) is -0.908. The Bertz CT molecular complexity index is 1190. The van der Waals surface area contributed by atoms with Crippen LogP contribution >= 0.6 is 34.8 Å². The smallest absolute Gasteiger partial charge is 0.244 e. The van der Waals surface area contributed by atoms with Gasteiger partial charge in [0, 0.05) is 33.2 Å². The molecule has 0 heterocycles. The fourth-order valence-corrected chi connectivity index (χ4v) is 5.36. The number of amides is 2. The zero-order chi connectivity index (χ0) is 27.2.